The molecule has 1 aromatic rings. The van der Waals surface area contributed by atoms with Crippen LogP contribution in [-0.2, 0) is 9.53 Å². The van der Waals surface area contributed by atoms with Crippen molar-refractivity contribution in [1.29, 1.82) is 5.26 Å². The van der Waals surface area contributed by atoms with Crippen LogP contribution in [0.5, 0.6) is 0 Å². The molecule has 1 fully saturated rings. The van der Waals surface area contributed by atoms with E-state index >= 15 is 0 Å². The Morgan fingerprint density at radius 1 is 1.47 bits per heavy atom. The predicted octanol–water partition coefficient (Wildman–Crippen LogP) is 2.37. The van der Waals surface area contributed by atoms with Gasteiger partial charge < -0.3 is 15.2 Å². The largest absolute Gasteiger partial charge is 0.480 e. The first-order valence-electron chi connectivity index (χ1n) is 5.86. The number of nitrogens with zero attached hydrogens (tertiary/aromatic N) is 1. The lowest BCUT2D eigenvalue weighted by molar-refractivity contribution is -0.145. The summed E-state index contributed by atoms with van der Waals surface area (Å²) in [6.45, 7) is 0.848. The molecule has 0 aromatic heterocycles. The zero-order valence-electron chi connectivity index (χ0n) is 10.1. The Hall–Kier alpha value is -1.58. The van der Waals surface area contributed by atoms with Crippen molar-refractivity contribution in [1.82, 2.24) is 0 Å². The molecule has 6 heteroatoms. The molecule has 1 aliphatic rings. The number of aliphatic carboxylic acids is 1. The molecule has 2 rings (SSSR count). The minimum absolute atomic E-state index is 0.411. The molecule has 0 unspecified atom stereocenters. The van der Waals surface area contributed by atoms with Crippen LogP contribution in [0.3, 0.4) is 0 Å². The van der Waals surface area contributed by atoms with Crippen LogP contribution in [-0.4, -0.2) is 29.8 Å². The number of ether oxygens (including phenoxy) is 1. The Balaban J connectivity index is 2.27. The number of hydrogen-bond acceptors (Lipinski definition) is 4. The molecule has 2 N–H and O–H groups in total. The van der Waals surface area contributed by atoms with Gasteiger partial charge in [-0.3, -0.25) is 0 Å². The highest BCUT2D eigenvalue weighted by atomic mass is 79.9. The van der Waals surface area contributed by atoms with Gasteiger partial charge >= 0.3 is 5.97 Å². The van der Waals surface area contributed by atoms with Gasteiger partial charge in [-0.2, -0.15) is 5.26 Å². The molecule has 0 spiro atoms. The van der Waals surface area contributed by atoms with Crippen molar-refractivity contribution in [2.75, 3.05) is 18.5 Å². The van der Waals surface area contributed by atoms with Gasteiger partial charge in [0.1, 0.15) is 5.54 Å². The Morgan fingerprint density at radius 2 is 2.16 bits per heavy atom. The summed E-state index contributed by atoms with van der Waals surface area (Å²) in [6.07, 6.45) is 0.823. The van der Waals surface area contributed by atoms with Gasteiger partial charge in [-0.1, -0.05) is 0 Å². The molecule has 0 aliphatic carbocycles. The van der Waals surface area contributed by atoms with E-state index in [0.717, 1.165) is 0 Å². The predicted molar refractivity (Wildman–Crippen MR) is 72.9 cm³/mol. The molecular formula is C13H13BrN2O3. The van der Waals surface area contributed by atoms with Gasteiger partial charge in [0.2, 0.25) is 0 Å². The van der Waals surface area contributed by atoms with Gasteiger partial charge in [0.25, 0.3) is 0 Å². The second-order valence-electron chi connectivity index (χ2n) is 4.43. The van der Waals surface area contributed by atoms with Crippen molar-refractivity contribution in [2.45, 2.75) is 18.4 Å². The summed E-state index contributed by atoms with van der Waals surface area (Å²) in [5.41, 5.74) is 0.187. The second kappa shape index (κ2) is 5.59. The highest BCUT2D eigenvalue weighted by Gasteiger charge is 2.40. The summed E-state index contributed by atoms with van der Waals surface area (Å²) in [5, 5.41) is 21.3. The van der Waals surface area contributed by atoms with Gasteiger partial charge in [0.15, 0.2) is 0 Å². The first kappa shape index (κ1) is 13.8. The molecule has 0 atom stereocenters. The number of halogens is 1. The van der Waals surface area contributed by atoms with Gasteiger partial charge in [-0.05, 0) is 34.1 Å². The first-order valence-corrected chi connectivity index (χ1v) is 6.66. The minimum atomic E-state index is -1.01. The smallest absolute Gasteiger partial charge is 0.329 e. The maximum Gasteiger partial charge on any atom is 0.329 e. The molecule has 100 valence electrons. The quantitative estimate of drug-likeness (QED) is 0.891. The molecule has 1 heterocycles. The average molecular weight is 325 g/mol. The topological polar surface area (TPSA) is 82.4 Å². The standard InChI is InChI=1S/C13H13BrN2O3/c14-10-7-9(8-15)1-2-11(10)16-13(12(17)18)3-5-19-6-4-13/h1-2,7,16H,3-6H2,(H,17,18). The van der Waals surface area contributed by atoms with Gasteiger partial charge in [0.05, 0.1) is 11.6 Å². The number of carboxylic acids is 1. The van der Waals surface area contributed by atoms with E-state index in [1.54, 1.807) is 18.2 Å². The Kier molecular flexibility index (Phi) is 4.08. The SMILES string of the molecule is N#Cc1ccc(NC2(C(=O)O)CCOCC2)c(Br)c1. The molecule has 0 saturated carbocycles. The van der Waals surface area contributed by atoms with Crippen LogP contribution in [0, 0.1) is 11.3 Å². The minimum Gasteiger partial charge on any atom is -0.480 e. The summed E-state index contributed by atoms with van der Waals surface area (Å²) >= 11 is 3.35. The van der Waals surface area contributed by atoms with E-state index < -0.39 is 11.5 Å². The fraction of sp³-hybridized carbons (Fsp3) is 0.385. The third-order valence-corrected chi connectivity index (χ3v) is 3.88. The maximum atomic E-state index is 11.5. The molecule has 1 aromatic carbocycles. The van der Waals surface area contributed by atoms with E-state index in [1.165, 1.54) is 0 Å². The molecule has 5 nitrogen and oxygen atoms in total. The molecule has 0 amide bonds. The van der Waals surface area contributed by atoms with Crippen LogP contribution in [0.15, 0.2) is 22.7 Å². The first-order chi connectivity index (χ1) is 9.07. The number of anilines is 1. The highest BCUT2D eigenvalue weighted by molar-refractivity contribution is 9.10. The van der Waals surface area contributed by atoms with E-state index in [0.29, 0.717) is 41.8 Å². The fourth-order valence-electron chi connectivity index (χ4n) is 2.06. The van der Waals surface area contributed by atoms with Crippen molar-refractivity contribution < 1.29 is 14.6 Å². The normalized spacial score (nSPS) is 17.5. The van der Waals surface area contributed by atoms with Crippen molar-refractivity contribution in [2.24, 2.45) is 0 Å². The van der Waals surface area contributed by atoms with Crippen LogP contribution in [0.1, 0.15) is 18.4 Å². The lowest BCUT2D eigenvalue weighted by Crippen LogP contribution is -2.50. The van der Waals surface area contributed by atoms with Crippen LogP contribution in [0.4, 0.5) is 5.69 Å². The van der Waals surface area contributed by atoms with Crippen LogP contribution in [0.25, 0.3) is 0 Å². The number of carboxylic acid groups (broad SMARTS) is 1. The van der Waals surface area contributed by atoms with Crippen molar-refractivity contribution in [3.8, 4) is 6.07 Å². The van der Waals surface area contributed by atoms with E-state index in [9.17, 15) is 9.90 Å². The van der Waals surface area contributed by atoms with Crippen LogP contribution >= 0.6 is 15.9 Å². The molecule has 1 saturated heterocycles. The number of nitriles is 1. The summed E-state index contributed by atoms with van der Waals surface area (Å²) < 4.78 is 5.90. The van der Waals surface area contributed by atoms with E-state index in [-0.39, 0.29) is 0 Å². The van der Waals surface area contributed by atoms with Crippen LogP contribution < -0.4 is 5.32 Å². The summed E-state index contributed by atoms with van der Waals surface area (Å²) in [4.78, 5) is 11.5. The summed E-state index contributed by atoms with van der Waals surface area (Å²) in [5.74, 6) is -0.882. The van der Waals surface area contributed by atoms with Crippen molar-refractivity contribution >= 4 is 27.6 Å². The maximum absolute atomic E-state index is 11.5. The molecule has 0 radical (unpaired) electrons. The van der Waals surface area contributed by atoms with Crippen molar-refractivity contribution in [3.63, 3.8) is 0 Å². The summed E-state index contributed by atoms with van der Waals surface area (Å²) in [6, 6.07) is 7.07. The zero-order valence-corrected chi connectivity index (χ0v) is 11.7. The third kappa shape index (κ3) is 2.88. The number of benzene rings is 1. The van der Waals surface area contributed by atoms with Gasteiger partial charge in [-0.15, -0.1) is 0 Å². The molecule has 0 bridgehead atoms. The Morgan fingerprint density at radius 3 is 2.68 bits per heavy atom. The van der Waals surface area contributed by atoms with Crippen LogP contribution in [0.2, 0.25) is 0 Å². The second-order valence-corrected chi connectivity index (χ2v) is 5.29. The monoisotopic (exact) mass is 324 g/mol. The number of rotatable bonds is 3. The number of hydrogen-bond donors (Lipinski definition) is 2. The Labute approximate surface area is 119 Å². The van der Waals surface area contributed by atoms with Gasteiger partial charge in [0, 0.05) is 36.2 Å². The van der Waals surface area contributed by atoms with Crippen molar-refractivity contribution in [3.05, 3.63) is 28.2 Å². The Bertz CT molecular complexity index is 533. The number of carbonyl (C=O) groups is 1. The molecule has 19 heavy (non-hydrogen) atoms. The lowest BCUT2D eigenvalue weighted by atomic mass is 9.89. The fourth-order valence-corrected chi connectivity index (χ4v) is 2.53. The summed E-state index contributed by atoms with van der Waals surface area (Å²) in [7, 11) is 0. The molecular weight excluding hydrogens is 312 g/mol. The average Bonchev–Trinajstić information content (AvgIpc) is 2.42. The van der Waals surface area contributed by atoms with E-state index in [2.05, 4.69) is 21.2 Å². The lowest BCUT2D eigenvalue weighted by Gasteiger charge is -2.35. The highest BCUT2D eigenvalue weighted by Crippen LogP contribution is 2.31. The number of nitrogens with one attached hydrogen (secondary N) is 1. The van der Waals surface area contributed by atoms with E-state index in [4.69, 9.17) is 10.00 Å². The van der Waals surface area contributed by atoms with E-state index in [1.807, 2.05) is 6.07 Å². The zero-order chi connectivity index (χ0) is 13.9. The third-order valence-electron chi connectivity index (χ3n) is 3.23. The molecule has 1 aliphatic heterocycles. The van der Waals surface area contributed by atoms with Gasteiger partial charge in [-0.25, -0.2) is 4.79 Å².